The minimum Gasteiger partial charge on any atom is -0.270 e. The van der Waals surface area contributed by atoms with Crippen LogP contribution in [0.15, 0.2) is 60.1 Å². The van der Waals surface area contributed by atoms with E-state index in [-0.39, 0.29) is 18.4 Å². The zero-order valence-corrected chi connectivity index (χ0v) is 12.9. The van der Waals surface area contributed by atoms with Gasteiger partial charge in [0.15, 0.2) is 0 Å². The van der Waals surface area contributed by atoms with Crippen LogP contribution in [0, 0.1) is 0 Å². The van der Waals surface area contributed by atoms with Gasteiger partial charge in [0.05, 0.1) is 17.7 Å². The zero-order valence-electron chi connectivity index (χ0n) is 12.1. The molecular formula is C18H12N2O2S. The first-order valence-electron chi connectivity index (χ1n) is 7.18. The molecule has 0 saturated carbocycles. The van der Waals surface area contributed by atoms with E-state index in [1.54, 1.807) is 41.8 Å². The third kappa shape index (κ3) is 2.35. The monoisotopic (exact) mass is 320 g/mol. The molecule has 0 atom stereocenters. The number of hydrogen-bond donors (Lipinski definition) is 0. The molecule has 0 N–H and O–H groups in total. The largest absolute Gasteiger partial charge is 0.270 e. The Balaban J connectivity index is 1.57. The van der Waals surface area contributed by atoms with Crippen LogP contribution in [-0.4, -0.2) is 21.7 Å². The summed E-state index contributed by atoms with van der Waals surface area (Å²) in [4.78, 5) is 30.3. The Morgan fingerprint density at radius 2 is 1.57 bits per heavy atom. The molecule has 4 rings (SSSR count). The molecule has 23 heavy (non-hydrogen) atoms. The van der Waals surface area contributed by atoms with Gasteiger partial charge in [0.25, 0.3) is 11.8 Å². The molecule has 0 fully saturated rings. The highest BCUT2D eigenvalue weighted by molar-refractivity contribution is 7.13. The lowest BCUT2D eigenvalue weighted by Gasteiger charge is -2.14. The van der Waals surface area contributed by atoms with E-state index in [2.05, 4.69) is 4.98 Å². The average molecular weight is 320 g/mol. The van der Waals surface area contributed by atoms with E-state index in [0.29, 0.717) is 11.1 Å². The van der Waals surface area contributed by atoms with E-state index in [1.165, 1.54) is 4.90 Å². The van der Waals surface area contributed by atoms with Crippen molar-refractivity contribution in [3.8, 4) is 10.6 Å². The molecule has 4 nitrogen and oxygen atoms in total. The number of thiazole rings is 1. The highest BCUT2D eigenvalue weighted by Crippen LogP contribution is 2.26. The second-order valence-corrected chi connectivity index (χ2v) is 6.17. The van der Waals surface area contributed by atoms with Crippen LogP contribution in [0.4, 0.5) is 0 Å². The first-order valence-corrected chi connectivity index (χ1v) is 8.06. The van der Waals surface area contributed by atoms with Gasteiger partial charge in [0.1, 0.15) is 5.01 Å². The molecular weight excluding hydrogens is 308 g/mol. The Hall–Kier alpha value is -2.79. The predicted molar refractivity (Wildman–Crippen MR) is 88.2 cm³/mol. The first-order chi connectivity index (χ1) is 11.2. The summed E-state index contributed by atoms with van der Waals surface area (Å²) in [5, 5.41) is 2.89. The van der Waals surface area contributed by atoms with Crippen molar-refractivity contribution in [2.24, 2.45) is 0 Å². The maximum Gasteiger partial charge on any atom is 0.261 e. The second kappa shape index (κ2) is 5.44. The third-order valence-corrected chi connectivity index (χ3v) is 4.67. The molecule has 1 aliphatic heterocycles. The second-order valence-electron chi connectivity index (χ2n) is 5.28. The summed E-state index contributed by atoms with van der Waals surface area (Å²) in [6, 6.07) is 14.7. The van der Waals surface area contributed by atoms with Gasteiger partial charge in [0, 0.05) is 17.1 Å². The van der Waals surface area contributed by atoms with E-state index in [9.17, 15) is 9.59 Å². The average Bonchev–Trinajstić information content (AvgIpc) is 3.20. The van der Waals surface area contributed by atoms with Crippen molar-refractivity contribution < 1.29 is 9.59 Å². The summed E-state index contributed by atoms with van der Waals surface area (Å²) in [6.45, 7) is 0.282. The predicted octanol–water partition coefficient (Wildman–Crippen LogP) is 3.61. The molecule has 1 aliphatic rings. The molecule has 2 amide bonds. The topological polar surface area (TPSA) is 50.3 Å². The maximum absolute atomic E-state index is 12.4. The number of imide groups is 1. The van der Waals surface area contributed by atoms with Crippen molar-refractivity contribution in [1.29, 1.82) is 0 Å². The van der Waals surface area contributed by atoms with Gasteiger partial charge >= 0.3 is 0 Å². The third-order valence-electron chi connectivity index (χ3n) is 3.85. The minimum absolute atomic E-state index is 0.227. The number of carbonyl (C=O) groups excluding carboxylic acids is 2. The minimum atomic E-state index is -0.227. The Morgan fingerprint density at radius 3 is 2.13 bits per heavy atom. The van der Waals surface area contributed by atoms with Gasteiger partial charge in [-0.05, 0) is 17.7 Å². The maximum atomic E-state index is 12.4. The molecule has 3 aromatic rings. The Labute approximate surface area is 137 Å². The molecule has 0 radical (unpaired) electrons. The fourth-order valence-electron chi connectivity index (χ4n) is 2.68. The van der Waals surface area contributed by atoms with E-state index in [4.69, 9.17) is 0 Å². The molecule has 0 saturated heterocycles. The Kier molecular flexibility index (Phi) is 3.28. The van der Waals surface area contributed by atoms with Gasteiger partial charge in [-0.3, -0.25) is 14.5 Å². The summed E-state index contributed by atoms with van der Waals surface area (Å²) in [5.41, 5.74) is 2.92. The Bertz CT molecular complexity index is 851. The summed E-state index contributed by atoms with van der Waals surface area (Å²) >= 11 is 1.58. The Morgan fingerprint density at radius 1 is 0.913 bits per heavy atom. The number of rotatable bonds is 3. The van der Waals surface area contributed by atoms with Crippen LogP contribution in [0.5, 0.6) is 0 Å². The standard InChI is InChI=1S/C18H12N2O2S/c21-17-14-3-1-2-4-15(14)18(22)20(17)11-12-5-7-13(8-6-12)16-19-9-10-23-16/h1-10H,11H2. The van der Waals surface area contributed by atoms with E-state index in [1.807, 2.05) is 29.6 Å². The SMILES string of the molecule is O=C1c2ccccc2C(=O)N1Cc1ccc(-c2nccs2)cc1. The normalized spacial score (nSPS) is 13.5. The number of benzene rings is 2. The molecule has 0 bridgehead atoms. The van der Waals surface area contributed by atoms with Gasteiger partial charge in [0.2, 0.25) is 0 Å². The van der Waals surface area contributed by atoms with Gasteiger partial charge < -0.3 is 0 Å². The number of hydrogen-bond acceptors (Lipinski definition) is 4. The van der Waals surface area contributed by atoms with Crippen molar-refractivity contribution in [2.45, 2.75) is 6.54 Å². The van der Waals surface area contributed by atoms with E-state index < -0.39 is 0 Å². The van der Waals surface area contributed by atoms with Crippen LogP contribution < -0.4 is 0 Å². The highest BCUT2D eigenvalue weighted by Gasteiger charge is 2.34. The summed E-state index contributed by atoms with van der Waals surface area (Å²) < 4.78 is 0. The zero-order chi connectivity index (χ0) is 15.8. The lowest BCUT2D eigenvalue weighted by molar-refractivity contribution is 0.0642. The van der Waals surface area contributed by atoms with Crippen molar-refractivity contribution in [2.75, 3.05) is 0 Å². The first kappa shape index (κ1) is 13.8. The van der Waals surface area contributed by atoms with Crippen LogP contribution in [0.3, 0.4) is 0 Å². The summed E-state index contributed by atoms with van der Waals surface area (Å²) in [5.74, 6) is -0.454. The molecule has 5 heteroatoms. The van der Waals surface area contributed by atoms with Crippen LogP contribution in [-0.2, 0) is 6.54 Å². The summed E-state index contributed by atoms with van der Waals surface area (Å²) in [7, 11) is 0. The van der Waals surface area contributed by atoms with Crippen molar-refractivity contribution in [1.82, 2.24) is 9.88 Å². The lowest BCUT2D eigenvalue weighted by atomic mass is 10.1. The molecule has 2 heterocycles. The van der Waals surface area contributed by atoms with E-state index >= 15 is 0 Å². The van der Waals surface area contributed by atoms with E-state index in [0.717, 1.165) is 16.1 Å². The smallest absolute Gasteiger partial charge is 0.261 e. The molecule has 0 aliphatic carbocycles. The molecule has 0 spiro atoms. The van der Waals surface area contributed by atoms with Crippen LogP contribution in [0.2, 0.25) is 0 Å². The van der Waals surface area contributed by atoms with Gasteiger partial charge in [-0.15, -0.1) is 11.3 Å². The fraction of sp³-hybridized carbons (Fsp3) is 0.0556. The molecule has 2 aromatic carbocycles. The fourth-order valence-corrected chi connectivity index (χ4v) is 3.33. The number of fused-ring (bicyclic) bond motifs is 1. The van der Waals surface area contributed by atoms with Gasteiger partial charge in [-0.2, -0.15) is 0 Å². The van der Waals surface area contributed by atoms with Crippen molar-refractivity contribution in [3.63, 3.8) is 0 Å². The van der Waals surface area contributed by atoms with Crippen molar-refractivity contribution >= 4 is 23.2 Å². The van der Waals surface area contributed by atoms with Crippen LogP contribution >= 0.6 is 11.3 Å². The van der Waals surface area contributed by atoms with Crippen LogP contribution in [0.25, 0.3) is 10.6 Å². The van der Waals surface area contributed by atoms with Crippen molar-refractivity contribution in [3.05, 3.63) is 76.8 Å². The van der Waals surface area contributed by atoms with Crippen LogP contribution in [0.1, 0.15) is 26.3 Å². The molecule has 112 valence electrons. The summed E-state index contributed by atoms with van der Waals surface area (Å²) in [6.07, 6.45) is 1.77. The quantitative estimate of drug-likeness (QED) is 0.693. The number of amides is 2. The number of carbonyl (C=O) groups is 2. The van der Waals surface area contributed by atoms with Gasteiger partial charge in [-0.1, -0.05) is 36.4 Å². The highest BCUT2D eigenvalue weighted by atomic mass is 32.1. The van der Waals surface area contributed by atoms with Gasteiger partial charge in [-0.25, -0.2) is 4.98 Å². The molecule has 0 unspecified atom stereocenters. The molecule has 1 aromatic heterocycles. The number of aromatic nitrogens is 1. The number of nitrogens with zero attached hydrogens (tertiary/aromatic N) is 2. The lowest BCUT2D eigenvalue weighted by Crippen LogP contribution is -2.29.